The molecule has 7 nitrogen and oxygen atoms in total. The molecule has 2 unspecified atom stereocenters. The predicted octanol–water partition coefficient (Wildman–Crippen LogP) is 2.83. The van der Waals surface area contributed by atoms with Crippen LogP contribution in [0.2, 0.25) is 0 Å². The highest BCUT2D eigenvalue weighted by atomic mass is 32.1. The number of nitrogens with one attached hydrogen (secondary N) is 1. The molecule has 0 radical (unpaired) electrons. The molecule has 0 bridgehead atoms. The minimum Gasteiger partial charge on any atom is -0.347 e. The Morgan fingerprint density at radius 3 is 2.76 bits per heavy atom. The number of carbonyl (C=O) groups excluding carboxylic acids is 2. The maximum absolute atomic E-state index is 13.2. The first-order valence-electron chi connectivity index (χ1n) is 10.5. The SMILES string of the molecule is O=C(NC1CCCc2ccccc21)C1CCCN1c1nnc(N2CCCC2=O)s1. The number of hydrogen-bond donors (Lipinski definition) is 1. The van der Waals surface area contributed by atoms with Gasteiger partial charge in [-0.15, -0.1) is 10.2 Å². The van der Waals surface area contributed by atoms with Crippen LogP contribution in [0.3, 0.4) is 0 Å². The van der Waals surface area contributed by atoms with E-state index in [0.29, 0.717) is 18.1 Å². The second-order valence-electron chi connectivity index (χ2n) is 8.02. The molecule has 8 heteroatoms. The molecule has 2 aliphatic heterocycles. The van der Waals surface area contributed by atoms with Gasteiger partial charge in [-0.2, -0.15) is 0 Å². The monoisotopic (exact) mass is 411 g/mol. The highest BCUT2D eigenvalue weighted by Gasteiger charge is 2.35. The third kappa shape index (κ3) is 3.50. The molecule has 2 amide bonds. The smallest absolute Gasteiger partial charge is 0.243 e. The molecule has 2 aromatic rings. The molecule has 1 aliphatic carbocycles. The van der Waals surface area contributed by atoms with E-state index in [9.17, 15) is 9.59 Å². The Morgan fingerprint density at radius 2 is 1.90 bits per heavy atom. The first-order valence-corrected chi connectivity index (χ1v) is 11.3. The summed E-state index contributed by atoms with van der Waals surface area (Å²) >= 11 is 1.42. The molecule has 1 N–H and O–H groups in total. The zero-order chi connectivity index (χ0) is 19.8. The van der Waals surface area contributed by atoms with E-state index in [1.807, 2.05) is 6.07 Å². The molecule has 2 fully saturated rings. The molecule has 2 saturated heterocycles. The Balaban J connectivity index is 1.31. The number of aryl methyl sites for hydroxylation is 1. The molecular weight excluding hydrogens is 386 g/mol. The third-order valence-electron chi connectivity index (χ3n) is 6.20. The maximum atomic E-state index is 13.2. The minimum atomic E-state index is -0.223. The summed E-state index contributed by atoms with van der Waals surface area (Å²) in [5, 5.41) is 13.2. The van der Waals surface area contributed by atoms with Crippen molar-refractivity contribution in [2.24, 2.45) is 0 Å². The number of amides is 2. The number of fused-ring (bicyclic) bond motifs is 1. The molecule has 0 spiro atoms. The van der Waals surface area contributed by atoms with E-state index in [1.54, 1.807) is 4.90 Å². The number of nitrogens with zero attached hydrogens (tertiary/aromatic N) is 4. The number of anilines is 2. The average molecular weight is 412 g/mol. The van der Waals surface area contributed by atoms with Crippen molar-refractivity contribution in [3.8, 4) is 0 Å². The lowest BCUT2D eigenvalue weighted by atomic mass is 9.87. The summed E-state index contributed by atoms with van der Waals surface area (Å²) in [5.74, 6) is 0.178. The molecule has 2 atom stereocenters. The molecular formula is C21H25N5O2S. The van der Waals surface area contributed by atoms with Gasteiger partial charge in [0.25, 0.3) is 0 Å². The summed E-state index contributed by atoms with van der Waals surface area (Å²) in [6.07, 6.45) is 6.38. The Bertz CT molecular complexity index is 929. The second kappa shape index (κ2) is 7.74. The number of aromatic nitrogens is 2. The average Bonchev–Trinajstić information content (AvgIpc) is 3.48. The van der Waals surface area contributed by atoms with E-state index >= 15 is 0 Å². The van der Waals surface area contributed by atoms with Gasteiger partial charge in [-0.1, -0.05) is 35.6 Å². The molecule has 1 aromatic heterocycles. The lowest BCUT2D eigenvalue weighted by Gasteiger charge is -2.29. The molecule has 3 heterocycles. The fraction of sp³-hybridized carbons (Fsp3) is 0.524. The summed E-state index contributed by atoms with van der Waals surface area (Å²) in [6.45, 7) is 1.50. The number of rotatable bonds is 4. The lowest BCUT2D eigenvalue weighted by molar-refractivity contribution is -0.123. The molecule has 5 rings (SSSR count). The van der Waals surface area contributed by atoms with Gasteiger partial charge in [0, 0.05) is 19.5 Å². The van der Waals surface area contributed by atoms with Crippen LogP contribution in [-0.2, 0) is 16.0 Å². The second-order valence-corrected chi connectivity index (χ2v) is 8.95. The predicted molar refractivity (Wildman–Crippen MR) is 112 cm³/mol. The van der Waals surface area contributed by atoms with Gasteiger partial charge in [0.05, 0.1) is 6.04 Å². The number of carbonyl (C=O) groups is 2. The Hall–Kier alpha value is -2.48. The Morgan fingerprint density at radius 1 is 1.03 bits per heavy atom. The largest absolute Gasteiger partial charge is 0.347 e. The van der Waals surface area contributed by atoms with Crippen LogP contribution in [0, 0.1) is 0 Å². The quantitative estimate of drug-likeness (QED) is 0.837. The van der Waals surface area contributed by atoms with E-state index in [0.717, 1.165) is 50.2 Å². The van der Waals surface area contributed by atoms with Crippen LogP contribution in [0.5, 0.6) is 0 Å². The van der Waals surface area contributed by atoms with Crippen LogP contribution in [0.25, 0.3) is 0 Å². The van der Waals surface area contributed by atoms with Gasteiger partial charge in [-0.05, 0) is 49.7 Å². The van der Waals surface area contributed by atoms with Gasteiger partial charge in [0.2, 0.25) is 22.1 Å². The fourth-order valence-corrected chi connectivity index (χ4v) is 5.69. The number of benzene rings is 1. The van der Waals surface area contributed by atoms with E-state index in [1.165, 1.54) is 22.5 Å². The third-order valence-corrected chi connectivity index (χ3v) is 7.18. The van der Waals surface area contributed by atoms with Gasteiger partial charge >= 0.3 is 0 Å². The Kier molecular flexibility index (Phi) is 4.95. The highest BCUT2D eigenvalue weighted by molar-refractivity contribution is 7.19. The fourth-order valence-electron chi connectivity index (χ4n) is 4.72. The van der Waals surface area contributed by atoms with E-state index in [4.69, 9.17) is 0 Å². The summed E-state index contributed by atoms with van der Waals surface area (Å²) in [4.78, 5) is 28.9. The number of hydrogen-bond acceptors (Lipinski definition) is 6. The standard InChI is InChI=1S/C21H25N5O2S/c27-18-11-5-13-26(18)21-24-23-20(29-21)25-12-4-10-17(25)19(28)22-16-9-3-7-14-6-1-2-8-15(14)16/h1-2,6,8,16-17H,3-5,7,9-13H2,(H,22,28). The summed E-state index contributed by atoms with van der Waals surface area (Å²) < 4.78 is 0. The molecule has 3 aliphatic rings. The molecule has 1 aromatic carbocycles. The van der Waals surface area contributed by atoms with E-state index in [2.05, 4.69) is 38.6 Å². The van der Waals surface area contributed by atoms with Crippen LogP contribution < -0.4 is 15.1 Å². The van der Waals surface area contributed by atoms with Crippen molar-refractivity contribution in [2.45, 2.75) is 57.0 Å². The van der Waals surface area contributed by atoms with Gasteiger partial charge in [-0.25, -0.2) is 0 Å². The lowest BCUT2D eigenvalue weighted by Crippen LogP contribution is -2.45. The van der Waals surface area contributed by atoms with Crippen LogP contribution >= 0.6 is 11.3 Å². The van der Waals surface area contributed by atoms with Crippen molar-refractivity contribution in [3.63, 3.8) is 0 Å². The van der Waals surface area contributed by atoms with E-state index < -0.39 is 0 Å². The first-order chi connectivity index (χ1) is 14.2. The highest BCUT2D eigenvalue weighted by Crippen LogP contribution is 2.35. The van der Waals surface area contributed by atoms with Gasteiger partial charge in [0.15, 0.2) is 0 Å². The zero-order valence-electron chi connectivity index (χ0n) is 16.3. The normalized spacial score (nSPS) is 24.1. The van der Waals surface area contributed by atoms with Gasteiger partial charge in [-0.3, -0.25) is 14.5 Å². The van der Waals surface area contributed by atoms with Crippen LogP contribution in [0.4, 0.5) is 10.3 Å². The van der Waals surface area contributed by atoms with Crippen molar-refractivity contribution in [2.75, 3.05) is 22.9 Å². The van der Waals surface area contributed by atoms with Crippen molar-refractivity contribution >= 4 is 33.4 Å². The van der Waals surface area contributed by atoms with Crippen LogP contribution in [0.15, 0.2) is 24.3 Å². The van der Waals surface area contributed by atoms with Crippen molar-refractivity contribution in [1.82, 2.24) is 15.5 Å². The molecule has 152 valence electrons. The van der Waals surface area contributed by atoms with Crippen LogP contribution in [-0.4, -0.2) is 41.1 Å². The van der Waals surface area contributed by atoms with Gasteiger partial charge < -0.3 is 10.2 Å². The van der Waals surface area contributed by atoms with Crippen LogP contribution in [0.1, 0.15) is 55.7 Å². The molecule has 29 heavy (non-hydrogen) atoms. The minimum absolute atomic E-state index is 0.0678. The molecule has 0 saturated carbocycles. The van der Waals surface area contributed by atoms with Crippen molar-refractivity contribution in [3.05, 3.63) is 35.4 Å². The maximum Gasteiger partial charge on any atom is 0.243 e. The summed E-state index contributed by atoms with van der Waals surface area (Å²) in [7, 11) is 0. The first kappa shape index (κ1) is 18.5. The Labute approximate surface area is 174 Å². The topological polar surface area (TPSA) is 78.4 Å². The van der Waals surface area contributed by atoms with Crippen molar-refractivity contribution in [1.29, 1.82) is 0 Å². The summed E-state index contributed by atoms with van der Waals surface area (Å²) in [5.41, 5.74) is 2.60. The van der Waals surface area contributed by atoms with Crippen molar-refractivity contribution < 1.29 is 9.59 Å². The van der Waals surface area contributed by atoms with E-state index in [-0.39, 0.29) is 23.9 Å². The van der Waals surface area contributed by atoms with Gasteiger partial charge in [0.1, 0.15) is 6.04 Å². The zero-order valence-corrected chi connectivity index (χ0v) is 17.2. The summed E-state index contributed by atoms with van der Waals surface area (Å²) in [6, 6.07) is 8.28.